The standard InChI is InChI=1S/C14H14N2O2/c1-17-6-5-14-15-9-12(16-14)11-3-2-10-4-7-18-13(10)8-11/h2-4,7-9H,5-6H2,1H3,(H,15,16). The quantitative estimate of drug-likeness (QED) is 0.765. The van der Waals surface area contributed by atoms with Crippen molar-refractivity contribution in [3.63, 3.8) is 0 Å². The highest BCUT2D eigenvalue weighted by Crippen LogP contribution is 2.23. The second kappa shape index (κ2) is 4.66. The van der Waals surface area contributed by atoms with Crippen LogP contribution < -0.4 is 0 Å². The van der Waals surface area contributed by atoms with Crippen molar-refractivity contribution in [3.05, 3.63) is 42.5 Å². The fourth-order valence-corrected chi connectivity index (χ4v) is 1.95. The largest absolute Gasteiger partial charge is 0.464 e. The zero-order chi connectivity index (χ0) is 12.4. The number of fused-ring (bicyclic) bond motifs is 1. The monoisotopic (exact) mass is 242 g/mol. The molecule has 0 amide bonds. The Morgan fingerprint density at radius 1 is 1.33 bits per heavy atom. The highest BCUT2D eigenvalue weighted by atomic mass is 16.5. The van der Waals surface area contributed by atoms with Gasteiger partial charge in [0.2, 0.25) is 0 Å². The molecule has 0 unspecified atom stereocenters. The van der Waals surface area contributed by atoms with Gasteiger partial charge in [-0.05, 0) is 12.1 Å². The van der Waals surface area contributed by atoms with E-state index in [4.69, 9.17) is 9.15 Å². The van der Waals surface area contributed by atoms with Crippen LogP contribution in [0.25, 0.3) is 22.2 Å². The van der Waals surface area contributed by atoms with Gasteiger partial charge in [-0.1, -0.05) is 12.1 Å². The number of nitrogens with one attached hydrogen (secondary N) is 1. The predicted molar refractivity (Wildman–Crippen MR) is 69.4 cm³/mol. The third-order valence-corrected chi connectivity index (χ3v) is 2.93. The first-order chi connectivity index (χ1) is 8.86. The molecular formula is C14H14N2O2. The lowest BCUT2D eigenvalue weighted by atomic mass is 10.1. The average Bonchev–Trinajstić information content (AvgIpc) is 3.04. The predicted octanol–water partition coefficient (Wildman–Crippen LogP) is 3.01. The van der Waals surface area contributed by atoms with E-state index < -0.39 is 0 Å². The van der Waals surface area contributed by atoms with Crippen LogP contribution in [-0.2, 0) is 11.2 Å². The van der Waals surface area contributed by atoms with Gasteiger partial charge in [-0.15, -0.1) is 0 Å². The van der Waals surface area contributed by atoms with Crippen LogP contribution in [0.4, 0.5) is 0 Å². The second-order valence-corrected chi connectivity index (χ2v) is 4.15. The first kappa shape index (κ1) is 11.0. The van der Waals surface area contributed by atoms with Crippen molar-refractivity contribution in [2.45, 2.75) is 6.42 Å². The Labute approximate surface area is 105 Å². The number of H-pyrrole nitrogens is 1. The number of aromatic nitrogens is 2. The topological polar surface area (TPSA) is 51.1 Å². The Kier molecular flexibility index (Phi) is 2.86. The van der Waals surface area contributed by atoms with Gasteiger partial charge in [0.25, 0.3) is 0 Å². The highest BCUT2D eigenvalue weighted by molar-refractivity contribution is 5.82. The summed E-state index contributed by atoms with van der Waals surface area (Å²) in [5.41, 5.74) is 2.87. The maximum absolute atomic E-state index is 5.39. The molecule has 1 N–H and O–H groups in total. The summed E-state index contributed by atoms with van der Waals surface area (Å²) in [5.74, 6) is 0.936. The molecule has 3 aromatic rings. The van der Waals surface area contributed by atoms with E-state index in [1.165, 1.54) is 0 Å². The number of hydrogen-bond donors (Lipinski definition) is 1. The van der Waals surface area contributed by atoms with Gasteiger partial charge in [0.05, 0.1) is 18.6 Å². The minimum Gasteiger partial charge on any atom is -0.464 e. The Morgan fingerprint density at radius 3 is 3.17 bits per heavy atom. The Hall–Kier alpha value is -2.07. The number of imidazole rings is 1. The zero-order valence-electron chi connectivity index (χ0n) is 10.1. The second-order valence-electron chi connectivity index (χ2n) is 4.15. The molecule has 1 aromatic carbocycles. The van der Waals surface area contributed by atoms with Gasteiger partial charge in [0.15, 0.2) is 0 Å². The van der Waals surface area contributed by atoms with Gasteiger partial charge < -0.3 is 14.1 Å². The van der Waals surface area contributed by atoms with E-state index in [-0.39, 0.29) is 0 Å². The molecule has 0 spiro atoms. The fraction of sp³-hybridized carbons (Fsp3) is 0.214. The number of ether oxygens (including phenoxy) is 1. The van der Waals surface area contributed by atoms with Crippen LogP contribution in [0.2, 0.25) is 0 Å². The molecule has 0 aliphatic rings. The summed E-state index contributed by atoms with van der Waals surface area (Å²) in [6.45, 7) is 0.671. The molecule has 0 saturated heterocycles. The van der Waals surface area contributed by atoms with E-state index in [1.807, 2.05) is 30.5 Å². The van der Waals surface area contributed by atoms with Gasteiger partial charge in [-0.3, -0.25) is 0 Å². The van der Waals surface area contributed by atoms with Crippen LogP contribution in [0.5, 0.6) is 0 Å². The number of hydrogen-bond acceptors (Lipinski definition) is 3. The lowest BCUT2D eigenvalue weighted by Gasteiger charge is -1.96. The van der Waals surface area contributed by atoms with E-state index in [0.717, 1.165) is 34.5 Å². The summed E-state index contributed by atoms with van der Waals surface area (Å²) in [6, 6.07) is 8.05. The van der Waals surface area contributed by atoms with Crippen molar-refractivity contribution in [2.24, 2.45) is 0 Å². The maximum Gasteiger partial charge on any atom is 0.134 e. The Morgan fingerprint density at radius 2 is 2.28 bits per heavy atom. The molecule has 0 aliphatic carbocycles. The number of aromatic amines is 1. The van der Waals surface area contributed by atoms with E-state index in [1.54, 1.807) is 13.4 Å². The molecule has 0 atom stereocenters. The smallest absolute Gasteiger partial charge is 0.134 e. The molecule has 0 radical (unpaired) electrons. The molecule has 18 heavy (non-hydrogen) atoms. The summed E-state index contributed by atoms with van der Waals surface area (Å²) in [4.78, 5) is 7.69. The van der Waals surface area contributed by atoms with E-state index in [0.29, 0.717) is 6.61 Å². The summed E-state index contributed by atoms with van der Waals surface area (Å²) in [6.07, 6.45) is 4.40. The van der Waals surface area contributed by atoms with E-state index in [2.05, 4.69) is 9.97 Å². The van der Waals surface area contributed by atoms with E-state index >= 15 is 0 Å². The molecule has 2 aromatic heterocycles. The molecule has 4 heteroatoms. The zero-order valence-corrected chi connectivity index (χ0v) is 10.1. The Bertz CT molecular complexity index is 654. The highest BCUT2D eigenvalue weighted by Gasteiger charge is 2.06. The number of rotatable bonds is 4. The van der Waals surface area contributed by atoms with Crippen molar-refractivity contribution < 1.29 is 9.15 Å². The molecule has 0 saturated carbocycles. The van der Waals surface area contributed by atoms with E-state index in [9.17, 15) is 0 Å². The number of benzene rings is 1. The normalized spacial score (nSPS) is 11.2. The summed E-state index contributed by atoms with van der Waals surface area (Å²) in [5, 5.41) is 1.11. The van der Waals surface area contributed by atoms with Crippen LogP contribution in [0.15, 0.2) is 41.1 Å². The fourth-order valence-electron chi connectivity index (χ4n) is 1.95. The SMILES string of the molecule is COCCc1nc(-c2ccc3ccoc3c2)c[nH]1. The molecule has 92 valence electrons. The van der Waals surface area contributed by atoms with Crippen LogP contribution in [-0.4, -0.2) is 23.7 Å². The first-order valence-corrected chi connectivity index (χ1v) is 5.87. The third-order valence-electron chi connectivity index (χ3n) is 2.93. The molecule has 0 fully saturated rings. The summed E-state index contributed by atoms with van der Waals surface area (Å²) >= 11 is 0. The van der Waals surface area contributed by atoms with Gasteiger partial charge in [0.1, 0.15) is 11.4 Å². The summed E-state index contributed by atoms with van der Waals surface area (Å²) < 4.78 is 10.4. The third kappa shape index (κ3) is 2.02. The van der Waals surface area contributed by atoms with Crippen molar-refractivity contribution >= 4 is 11.0 Å². The van der Waals surface area contributed by atoms with Crippen molar-refractivity contribution in [1.82, 2.24) is 9.97 Å². The maximum atomic E-state index is 5.39. The van der Waals surface area contributed by atoms with Gasteiger partial charge in [0, 0.05) is 30.7 Å². The molecular weight excluding hydrogens is 228 g/mol. The number of furan rings is 1. The van der Waals surface area contributed by atoms with Crippen molar-refractivity contribution in [3.8, 4) is 11.3 Å². The molecule has 2 heterocycles. The van der Waals surface area contributed by atoms with Crippen LogP contribution >= 0.6 is 0 Å². The molecule has 0 aliphatic heterocycles. The molecule has 4 nitrogen and oxygen atoms in total. The van der Waals surface area contributed by atoms with Gasteiger partial charge >= 0.3 is 0 Å². The molecule has 0 bridgehead atoms. The minimum absolute atomic E-state index is 0.671. The van der Waals surface area contributed by atoms with Crippen LogP contribution in [0.3, 0.4) is 0 Å². The number of methoxy groups -OCH3 is 1. The minimum atomic E-state index is 0.671. The number of nitrogens with zero attached hydrogens (tertiary/aromatic N) is 1. The van der Waals surface area contributed by atoms with Crippen molar-refractivity contribution in [2.75, 3.05) is 13.7 Å². The van der Waals surface area contributed by atoms with Gasteiger partial charge in [-0.2, -0.15) is 0 Å². The first-order valence-electron chi connectivity index (χ1n) is 5.87. The lowest BCUT2D eigenvalue weighted by molar-refractivity contribution is 0.200. The van der Waals surface area contributed by atoms with Crippen LogP contribution in [0, 0.1) is 0 Å². The Balaban J connectivity index is 1.90. The van der Waals surface area contributed by atoms with Gasteiger partial charge in [-0.25, -0.2) is 4.98 Å². The van der Waals surface area contributed by atoms with Crippen molar-refractivity contribution in [1.29, 1.82) is 0 Å². The summed E-state index contributed by atoms with van der Waals surface area (Å²) in [7, 11) is 1.69. The average molecular weight is 242 g/mol. The lowest BCUT2D eigenvalue weighted by Crippen LogP contribution is -1.96. The molecule has 3 rings (SSSR count). The van der Waals surface area contributed by atoms with Crippen LogP contribution in [0.1, 0.15) is 5.82 Å².